The van der Waals surface area contributed by atoms with E-state index in [0.29, 0.717) is 29.6 Å². The van der Waals surface area contributed by atoms with E-state index in [4.69, 9.17) is 0 Å². The summed E-state index contributed by atoms with van der Waals surface area (Å²) in [6, 6.07) is 16.4. The number of hydrogen-bond acceptors (Lipinski definition) is 3. The fourth-order valence-electron chi connectivity index (χ4n) is 4.08. The molecule has 3 rings (SSSR count). The summed E-state index contributed by atoms with van der Waals surface area (Å²) in [5.41, 5.74) is 3.65. The maximum Gasteiger partial charge on any atom is 0.253 e. The fourth-order valence-corrected chi connectivity index (χ4v) is 4.08. The van der Waals surface area contributed by atoms with Gasteiger partial charge in [-0.15, -0.1) is 0 Å². The van der Waals surface area contributed by atoms with E-state index >= 15 is 0 Å². The SMILES string of the molecule is CC(C)CNC(=O)c1cc(NC(=O)C(C)C)ccc1N1CCC(Cc2ccccc2)CC1. The number of piperidine rings is 1. The third-order valence-corrected chi connectivity index (χ3v) is 6.03. The number of carbonyl (C=O) groups excluding carboxylic acids is 2. The second-order valence-corrected chi connectivity index (χ2v) is 9.60. The van der Waals surface area contributed by atoms with Crippen molar-refractivity contribution in [3.63, 3.8) is 0 Å². The van der Waals surface area contributed by atoms with Gasteiger partial charge in [0.2, 0.25) is 5.91 Å². The topological polar surface area (TPSA) is 61.4 Å². The van der Waals surface area contributed by atoms with Crippen LogP contribution in [0.15, 0.2) is 48.5 Å². The van der Waals surface area contributed by atoms with Gasteiger partial charge in [-0.05, 0) is 54.9 Å². The van der Waals surface area contributed by atoms with Crippen LogP contribution in [0.25, 0.3) is 0 Å². The van der Waals surface area contributed by atoms with Gasteiger partial charge in [0.1, 0.15) is 0 Å². The first kappa shape index (κ1) is 23.8. The Bertz CT molecular complexity index is 900. The van der Waals surface area contributed by atoms with Gasteiger partial charge in [-0.3, -0.25) is 9.59 Å². The van der Waals surface area contributed by atoms with E-state index in [9.17, 15) is 9.59 Å². The first-order chi connectivity index (χ1) is 15.3. The Kier molecular flexibility index (Phi) is 8.32. The molecule has 0 atom stereocenters. The van der Waals surface area contributed by atoms with Crippen molar-refractivity contribution in [3.8, 4) is 0 Å². The number of amides is 2. The molecule has 1 aliphatic heterocycles. The predicted molar refractivity (Wildman–Crippen MR) is 132 cm³/mol. The molecular formula is C27H37N3O2. The van der Waals surface area contributed by atoms with E-state index in [1.807, 2.05) is 32.0 Å². The van der Waals surface area contributed by atoms with Crippen molar-refractivity contribution in [3.05, 3.63) is 59.7 Å². The molecule has 0 spiro atoms. The molecule has 32 heavy (non-hydrogen) atoms. The lowest BCUT2D eigenvalue weighted by molar-refractivity contribution is -0.118. The summed E-state index contributed by atoms with van der Waals surface area (Å²) in [4.78, 5) is 27.5. The molecule has 2 amide bonds. The number of rotatable bonds is 8. The fraction of sp³-hybridized carbons (Fsp3) is 0.481. The highest BCUT2D eigenvalue weighted by Crippen LogP contribution is 2.30. The first-order valence-corrected chi connectivity index (χ1v) is 11.9. The van der Waals surface area contributed by atoms with Gasteiger partial charge in [0.25, 0.3) is 5.91 Å². The van der Waals surface area contributed by atoms with Crippen molar-refractivity contribution in [1.29, 1.82) is 0 Å². The zero-order valence-electron chi connectivity index (χ0n) is 19.9. The molecule has 2 aromatic rings. The second kappa shape index (κ2) is 11.2. The maximum atomic E-state index is 13.0. The number of nitrogens with zero attached hydrogens (tertiary/aromatic N) is 1. The molecule has 0 unspecified atom stereocenters. The Morgan fingerprint density at radius 3 is 2.31 bits per heavy atom. The van der Waals surface area contributed by atoms with Crippen LogP contribution in [-0.2, 0) is 11.2 Å². The molecule has 1 saturated heterocycles. The Labute approximate surface area is 192 Å². The van der Waals surface area contributed by atoms with E-state index in [2.05, 4.69) is 59.7 Å². The van der Waals surface area contributed by atoms with Crippen molar-refractivity contribution in [2.45, 2.75) is 47.0 Å². The lowest BCUT2D eigenvalue weighted by atomic mass is 9.89. The van der Waals surface area contributed by atoms with Crippen LogP contribution in [0, 0.1) is 17.8 Å². The summed E-state index contributed by atoms with van der Waals surface area (Å²) in [6.45, 7) is 10.4. The van der Waals surface area contributed by atoms with Crippen molar-refractivity contribution >= 4 is 23.2 Å². The number of hydrogen-bond donors (Lipinski definition) is 2. The van der Waals surface area contributed by atoms with Crippen molar-refractivity contribution in [1.82, 2.24) is 5.32 Å². The minimum Gasteiger partial charge on any atom is -0.371 e. The number of nitrogens with one attached hydrogen (secondary N) is 2. The average molecular weight is 436 g/mol. The van der Waals surface area contributed by atoms with E-state index in [1.54, 1.807) is 0 Å². The molecule has 0 aromatic heterocycles. The first-order valence-electron chi connectivity index (χ1n) is 11.9. The van der Waals surface area contributed by atoms with Gasteiger partial charge in [0.05, 0.1) is 5.56 Å². The monoisotopic (exact) mass is 435 g/mol. The molecule has 0 radical (unpaired) electrons. The minimum absolute atomic E-state index is 0.0481. The molecular weight excluding hydrogens is 398 g/mol. The average Bonchev–Trinajstić information content (AvgIpc) is 2.78. The Morgan fingerprint density at radius 1 is 1.00 bits per heavy atom. The molecule has 2 N–H and O–H groups in total. The highest BCUT2D eigenvalue weighted by molar-refractivity contribution is 6.02. The van der Waals surface area contributed by atoms with E-state index in [-0.39, 0.29) is 17.7 Å². The molecule has 0 aliphatic carbocycles. The zero-order chi connectivity index (χ0) is 23.1. The molecule has 2 aromatic carbocycles. The third kappa shape index (κ3) is 6.59. The molecule has 172 valence electrons. The molecule has 5 heteroatoms. The second-order valence-electron chi connectivity index (χ2n) is 9.60. The van der Waals surface area contributed by atoms with Gasteiger partial charge in [-0.25, -0.2) is 0 Å². The van der Waals surface area contributed by atoms with E-state index < -0.39 is 0 Å². The summed E-state index contributed by atoms with van der Waals surface area (Å²) in [5.74, 6) is 0.793. The standard InChI is InChI=1S/C27H37N3O2/c1-19(2)18-28-27(32)24-17-23(29-26(31)20(3)4)10-11-25(24)30-14-12-22(13-15-30)16-21-8-6-5-7-9-21/h5-11,17,19-20,22H,12-16,18H2,1-4H3,(H,28,32)(H,29,31). The van der Waals surface area contributed by atoms with Gasteiger partial charge >= 0.3 is 0 Å². The largest absolute Gasteiger partial charge is 0.371 e. The van der Waals surface area contributed by atoms with Gasteiger partial charge in [0, 0.05) is 36.9 Å². The van der Waals surface area contributed by atoms with Crippen molar-refractivity contribution in [2.75, 3.05) is 29.9 Å². The molecule has 0 bridgehead atoms. The maximum absolute atomic E-state index is 13.0. The van der Waals surface area contributed by atoms with Crippen LogP contribution in [0.5, 0.6) is 0 Å². The number of anilines is 2. The quantitative estimate of drug-likeness (QED) is 0.605. The van der Waals surface area contributed by atoms with E-state index in [1.165, 1.54) is 5.56 Å². The predicted octanol–water partition coefficient (Wildman–Crippen LogP) is 5.13. The lowest BCUT2D eigenvalue weighted by Gasteiger charge is -2.35. The van der Waals surface area contributed by atoms with Crippen LogP contribution in [0.2, 0.25) is 0 Å². The Balaban J connectivity index is 1.74. The Morgan fingerprint density at radius 2 is 1.69 bits per heavy atom. The van der Waals surface area contributed by atoms with Crippen molar-refractivity contribution < 1.29 is 9.59 Å². The summed E-state index contributed by atoms with van der Waals surface area (Å²) in [6.07, 6.45) is 3.32. The van der Waals surface area contributed by atoms with Crippen LogP contribution in [0.1, 0.15) is 56.5 Å². The molecule has 0 saturated carbocycles. The Hall–Kier alpha value is -2.82. The highest BCUT2D eigenvalue weighted by Gasteiger charge is 2.24. The van der Waals surface area contributed by atoms with Gasteiger partial charge in [-0.1, -0.05) is 58.0 Å². The van der Waals surface area contributed by atoms with Crippen LogP contribution in [-0.4, -0.2) is 31.4 Å². The van der Waals surface area contributed by atoms with Gasteiger partial charge < -0.3 is 15.5 Å². The zero-order valence-corrected chi connectivity index (χ0v) is 19.9. The van der Waals surface area contributed by atoms with Gasteiger partial charge in [-0.2, -0.15) is 0 Å². The smallest absolute Gasteiger partial charge is 0.253 e. The summed E-state index contributed by atoms with van der Waals surface area (Å²) < 4.78 is 0. The highest BCUT2D eigenvalue weighted by atomic mass is 16.2. The summed E-state index contributed by atoms with van der Waals surface area (Å²) >= 11 is 0. The van der Waals surface area contributed by atoms with Crippen LogP contribution >= 0.6 is 0 Å². The summed E-state index contributed by atoms with van der Waals surface area (Å²) in [5, 5.41) is 5.97. The number of carbonyl (C=O) groups is 2. The molecule has 1 fully saturated rings. The molecule has 5 nitrogen and oxygen atoms in total. The summed E-state index contributed by atoms with van der Waals surface area (Å²) in [7, 11) is 0. The van der Waals surface area contributed by atoms with Crippen LogP contribution in [0.4, 0.5) is 11.4 Å². The number of benzene rings is 2. The normalized spacial score (nSPS) is 14.6. The van der Waals surface area contributed by atoms with Crippen molar-refractivity contribution in [2.24, 2.45) is 17.8 Å². The third-order valence-electron chi connectivity index (χ3n) is 6.03. The molecule has 1 heterocycles. The lowest BCUT2D eigenvalue weighted by Crippen LogP contribution is -2.36. The van der Waals surface area contributed by atoms with Crippen LogP contribution < -0.4 is 15.5 Å². The molecule has 1 aliphatic rings. The van der Waals surface area contributed by atoms with Gasteiger partial charge in [0.15, 0.2) is 0 Å². The van der Waals surface area contributed by atoms with E-state index in [0.717, 1.165) is 38.0 Å². The minimum atomic E-state index is -0.114. The van der Waals surface area contributed by atoms with Crippen LogP contribution in [0.3, 0.4) is 0 Å².